The molecule has 2 atom stereocenters. The topological polar surface area (TPSA) is 108 Å². The van der Waals surface area contributed by atoms with Gasteiger partial charge in [-0.05, 0) is 45.6 Å². The van der Waals surface area contributed by atoms with Crippen LogP contribution in [-0.2, 0) is 11.4 Å². The van der Waals surface area contributed by atoms with Gasteiger partial charge in [0.2, 0.25) is 5.56 Å². The molecule has 7 nitrogen and oxygen atoms in total. The Balaban J connectivity index is 1.85. The summed E-state index contributed by atoms with van der Waals surface area (Å²) in [4.78, 5) is 28.1. The minimum absolute atomic E-state index is 0.0904. The monoisotopic (exact) mass is 517 g/mol. The minimum Gasteiger partial charge on any atom is -0.598 e. The standard InChI is InChI=1S/C22H26Cl2FN3O4S/c1-22(2,3)33(32)27-20(17-15(29)10-14(23)18(24)19(17)25)12-6-8-28(9-7-12)21(31)13-4-5-16(30)26-11-13/h4-5,10-12,20,27,29H,6-9H2,1-3H3,(H,26,30). The molecule has 0 saturated carbocycles. The third-order valence-corrected chi connectivity index (χ3v) is 7.95. The maximum atomic E-state index is 15.1. The summed E-state index contributed by atoms with van der Waals surface area (Å²) in [6.07, 6.45) is 2.30. The zero-order valence-corrected chi connectivity index (χ0v) is 20.8. The van der Waals surface area contributed by atoms with Crippen LogP contribution in [-0.4, -0.2) is 43.3 Å². The number of amides is 1. The molecular weight excluding hydrogens is 492 g/mol. The number of nitrogens with zero attached hydrogens (tertiary/aromatic N) is 1. The van der Waals surface area contributed by atoms with E-state index in [9.17, 15) is 19.2 Å². The van der Waals surface area contributed by atoms with Crippen molar-refractivity contribution in [3.63, 3.8) is 0 Å². The van der Waals surface area contributed by atoms with Crippen LogP contribution in [0, 0.1) is 11.7 Å². The van der Waals surface area contributed by atoms with E-state index in [1.165, 1.54) is 24.4 Å². The Morgan fingerprint density at radius 1 is 1.33 bits per heavy atom. The molecule has 0 aliphatic carbocycles. The number of carbonyl (C=O) groups excluding carboxylic acids is 1. The van der Waals surface area contributed by atoms with Crippen LogP contribution < -0.4 is 10.3 Å². The Morgan fingerprint density at radius 2 is 1.97 bits per heavy atom. The van der Waals surface area contributed by atoms with Crippen LogP contribution in [0.25, 0.3) is 0 Å². The number of halogens is 3. The highest BCUT2D eigenvalue weighted by Gasteiger charge is 2.39. The summed E-state index contributed by atoms with van der Waals surface area (Å²) in [6, 6.07) is 3.11. The first-order chi connectivity index (χ1) is 15.4. The molecule has 3 rings (SSSR count). The molecule has 1 fully saturated rings. The highest BCUT2D eigenvalue weighted by molar-refractivity contribution is 7.90. The molecule has 11 heteroatoms. The molecule has 2 heterocycles. The molecule has 1 aliphatic heterocycles. The molecule has 2 unspecified atom stereocenters. The molecule has 0 spiro atoms. The largest absolute Gasteiger partial charge is 0.598 e. The highest BCUT2D eigenvalue weighted by Crippen LogP contribution is 2.42. The average molecular weight is 518 g/mol. The fourth-order valence-electron chi connectivity index (χ4n) is 3.74. The summed E-state index contributed by atoms with van der Waals surface area (Å²) in [5, 5.41) is 10.1. The minimum atomic E-state index is -1.57. The second-order valence-corrected chi connectivity index (χ2v) is 11.8. The normalized spacial score (nSPS) is 17.1. The van der Waals surface area contributed by atoms with Crippen molar-refractivity contribution in [2.75, 3.05) is 13.1 Å². The van der Waals surface area contributed by atoms with Gasteiger partial charge >= 0.3 is 0 Å². The first kappa shape index (κ1) is 25.8. The summed E-state index contributed by atoms with van der Waals surface area (Å²) in [7, 11) is 0. The molecule has 1 aliphatic rings. The Kier molecular flexibility index (Phi) is 8.01. The van der Waals surface area contributed by atoms with Crippen molar-refractivity contribution in [1.29, 1.82) is 0 Å². The molecule has 180 valence electrons. The van der Waals surface area contributed by atoms with E-state index in [-0.39, 0.29) is 38.7 Å². The van der Waals surface area contributed by atoms with Gasteiger partial charge in [-0.3, -0.25) is 9.59 Å². The van der Waals surface area contributed by atoms with Crippen molar-refractivity contribution in [2.24, 2.45) is 5.92 Å². The van der Waals surface area contributed by atoms with Crippen LogP contribution in [0.3, 0.4) is 0 Å². The first-order valence-corrected chi connectivity index (χ1v) is 12.3. The summed E-state index contributed by atoms with van der Waals surface area (Å²) in [5.41, 5.74) is -0.0216. The molecule has 1 aromatic heterocycles. The number of likely N-dealkylation sites (tertiary alicyclic amines) is 1. The number of aromatic nitrogens is 1. The summed E-state index contributed by atoms with van der Waals surface area (Å²) < 4.78 is 30.4. The summed E-state index contributed by atoms with van der Waals surface area (Å²) in [6.45, 7) is 6.08. The lowest BCUT2D eigenvalue weighted by Crippen LogP contribution is -2.46. The summed E-state index contributed by atoms with van der Waals surface area (Å²) in [5.74, 6) is -1.71. The number of aromatic hydroxyl groups is 1. The van der Waals surface area contributed by atoms with Gasteiger partial charge in [-0.15, -0.1) is 4.72 Å². The van der Waals surface area contributed by atoms with E-state index in [0.717, 1.165) is 0 Å². The number of rotatable bonds is 5. The van der Waals surface area contributed by atoms with E-state index in [2.05, 4.69) is 9.71 Å². The van der Waals surface area contributed by atoms with Crippen LogP contribution in [0.15, 0.2) is 29.2 Å². The van der Waals surface area contributed by atoms with Gasteiger partial charge in [0.25, 0.3) is 5.91 Å². The van der Waals surface area contributed by atoms with Crippen molar-refractivity contribution in [3.05, 3.63) is 61.7 Å². The number of pyridine rings is 1. The van der Waals surface area contributed by atoms with Crippen molar-refractivity contribution in [1.82, 2.24) is 14.6 Å². The van der Waals surface area contributed by atoms with Crippen molar-refractivity contribution in [3.8, 4) is 5.75 Å². The van der Waals surface area contributed by atoms with E-state index in [1.54, 1.807) is 25.7 Å². The lowest BCUT2D eigenvalue weighted by molar-refractivity contribution is 0.0672. The molecule has 0 radical (unpaired) electrons. The van der Waals surface area contributed by atoms with Gasteiger partial charge in [-0.1, -0.05) is 23.2 Å². The number of H-pyrrole nitrogens is 1. The van der Waals surface area contributed by atoms with Crippen LogP contribution in [0.1, 0.15) is 55.6 Å². The molecule has 1 amide bonds. The van der Waals surface area contributed by atoms with Crippen LogP contribution >= 0.6 is 23.2 Å². The number of hydrogen-bond acceptors (Lipinski definition) is 5. The van der Waals surface area contributed by atoms with Crippen LogP contribution in [0.4, 0.5) is 4.39 Å². The van der Waals surface area contributed by atoms with E-state index >= 15 is 4.39 Å². The van der Waals surface area contributed by atoms with E-state index in [1.807, 2.05) is 0 Å². The Hall–Kier alpha value is -1.78. The number of phenols is 1. The number of benzene rings is 1. The Morgan fingerprint density at radius 3 is 2.52 bits per heavy atom. The quantitative estimate of drug-likeness (QED) is 0.407. The van der Waals surface area contributed by atoms with Gasteiger partial charge in [-0.25, -0.2) is 4.39 Å². The van der Waals surface area contributed by atoms with Gasteiger partial charge in [0.05, 0.1) is 27.2 Å². The lowest BCUT2D eigenvalue weighted by Gasteiger charge is -2.38. The number of carbonyl (C=O) groups is 1. The average Bonchev–Trinajstić information content (AvgIpc) is 2.76. The first-order valence-electron chi connectivity index (χ1n) is 10.4. The molecule has 0 bridgehead atoms. The molecule has 1 saturated heterocycles. The Bertz CT molecular complexity index is 1060. The van der Waals surface area contributed by atoms with Crippen molar-refractivity contribution in [2.45, 2.75) is 44.4 Å². The number of piperidine rings is 1. The fraction of sp³-hybridized carbons (Fsp3) is 0.455. The van der Waals surface area contributed by atoms with E-state index in [4.69, 9.17) is 23.2 Å². The van der Waals surface area contributed by atoms with Crippen LogP contribution in [0.5, 0.6) is 5.75 Å². The van der Waals surface area contributed by atoms with Gasteiger partial charge in [-0.2, -0.15) is 0 Å². The second-order valence-electron chi connectivity index (χ2n) is 8.97. The van der Waals surface area contributed by atoms with Gasteiger partial charge in [0.15, 0.2) is 5.82 Å². The molecular formula is C22H26Cl2FN3O4S. The number of phenolic OH excluding ortho intramolecular Hbond substituents is 1. The molecule has 33 heavy (non-hydrogen) atoms. The van der Waals surface area contributed by atoms with Crippen molar-refractivity contribution < 1.29 is 18.8 Å². The maximum Gasteiger partial charge on any atom is 0.255 e. The smallest absolute Gasteiger partial charge is 0.255 e. The predicted molar refractivity (Wildman–Crippen MR) is 128 cm³/mol. The lowest BCUT2D eigenvalue weighted by atomic mass is 9.85. The summed E-state index contributed by atoms with van der Waals surface area (Å²) >= 11 is 10.3. The molecule has 2 aromatic rings. The van der Waals surface area contributed by atoms with Gasteiger partial charge in [0, 0.05) is 42.8 Å². The molecule has 3 N–H and O–H groups in total. The van der Waals surface area contributed by atoms with Crippen molar-refractivity contribution >= 4 is 40.5 Å². The Labute approximate surface area is 204 Å². The SMILES string of the molecule is CC(C)(C)[S+]([O-])NC(c1c(O)cc(Cl)c(Cl)c1F)C1CCN(C(=O)c2ccc(=O)[nH]c2)CC1. The number of hydrogen-bond donors (Lipinski definition) is 3. The van der Waals surface area contributed by atoms with Gasteiger partial charge < -0.3 is 19.5 Å². The fourth-order valence-corrected chi connectivity index (χ4v) is 4.97. The highest BCUT2D eigenvalue weighted by atomic mass is 35.5. The predicted octanol–water partition coefficient (Wildman–Crippen LogP) is 4.17. The zero-order valence-electron chi connectivity index (χ0n) is 18.5. The second kappa shape index (κ2) is 10.2. The zero-order chi connectivity index (χ0) is 24.5. The van der Waals surface area contributed by atoms with Crippen LogP contribution in [0.2, 0.25) is 10.0 Å². The van der Waals surface area contributed by atoms with Gasteiger partial charge in [0.1, 0.15) is 10.5 Å². The van der Waals surface area contributed by atoms with E-state index < -0.39 is 28.0 Å². The van der Waals surface area contributed by atoms with E-state index in [0.29, 0.717) is 31.5 Å². The number of nitrogens with one attached hydrogen (secondary N) is 2. The third kappa shape index (κ3) is 5.84. The maximum absolute atomic E-state index is 15.1. The molecule has 1 aromatic carbocycles. The number of aromatic amines is 1. The third-order valence-electron chi connectivity index (χ3n) is 5.61.